The van der Waals surface area contributed by atoms with E-state index in [1.165, 1.54) is 0 Å². The molecule has 1 aliphatic heterocycles. The molecule has 0 saturated carbocycles. The predicted molar refractivity (Wildman–Crippen MR) is 65.1 cm³/mol. The van der Waals surface area contributed by atoms with Crippen molar-refractivity contribution in [3.63, 3.8) is 0 Å². The number of hydrazine groups is 1. The van der Waals surface area contributed by atoms with Gasteiger partial charge >= 0.3 is 0 Å². The van der Waals surface area contributed by atoms with Gasteiger partial charge in [-0.05, 0) is 25.0 Å². The highest BCUT2D eigenvalue weighted by molar-refractivity contribution is 5.93. The highest BCUT2D eigenvalue weighted by atomic mass is 16.2. The summed E-state index contributed by atoms with van der Waals surface area (Å²) in [5.74, 6) is 5.79. The van der Waals surface area contributed by atoms with E-state index in [9.17, 15) is 4.79 Å². The molecule has 1 saturated heterocycles. The van der Waals surface area contributed by atoms with Gasteiger partial charge in [0.05, 0.1) is 5.56 Å². The van der Waals surface area contributed by atoms with E-state index in [0.717, 1.165) is 25.9 Å². The molecule has 5 heteroatoms. The van der Waals surface area contributed by atoms with Crippen LogP contribution >= 0.6 is 0 Å². The van der Waals surface area contributed by atoms with Crippen LogP contribution in [0.1, 0.15) is 23.2 Å². The molecule has 92 valence electrons. The van der Waals surface area contributed by atoms with E-state index in [2.05, 4.69) is 4.98 Å². The molecule has 2 N–H and O–H groups in total. The van der Waals surface area contributed by atoms with Gasteiger partial charge in [-0.3, -0.25) is 15.6 Å². The van der Waals surface area contributed by atoms with Crippen LogP contribution in [-0.2, 0) is 0 Å². The first kappa shape index (κ1) is 12.0. The average molecular weight is 234 g/mol. The first-order chi connectivity index (χ1) is 8.18. The zero-order valence-corrected chi connectivity index (χ0v) is 10.0. The van der Waals surface area contributed by atoms with E-state index >= 15 is 0 Å². The Balaban J connectivity index is 1.95. The van der Waals surface area contributed by atoms with Gasteiger partial charge in [0.2, 0.25) is 0 Å². The lowest BCUT2D eigenvalue weighted by molar-refractivity contribution is 0.0645. The number of hydrogen-bond acceptors (Lipinski definition) is 4. The van der Waals surface area contributed by atoms with E-state index in [1.807, 2.05) is 11.9 Å². The zero-order valence-electron chi connectivity index (χ0n) is 10.0. The largest absolute Gasteiger partial charge is 0.338 e. The summed E-state index contributed by atoms with van der Waals surface area (Å²) in [4.78, 5) is 18.0. The number of carbonyl (C=O) groups is 1. The minimum Gasteiger partial charge on any atom is -0.338 e. The van der Waals surface area contributed by atoms with Gasteiger partial charge in [0.1, 0.15) is 0 Å². The number of nitrogens with zero attached hydrogens (tertiary/aromatic N) is 3. The second-order valence-electron chi connectivity index (χ2n) is 4.43. The number of pyridine rings is 1. The lowest BCUT2D eigenvalue weighted by Gasteiger charge is -2.34. The van der Waals surface area contributed by atoms with Gasteiger partial charge in [0, 0.05) is 38.6 Å². The van der Waals surface area contributed by atoms with Crippen molar-refractivity contribution in [2.24, 2.45) is 5.84 Å². The third-order valence-corrected chi connectivity index (χ3v) is 3.24. The van der Waals surface area contributed by atoms with Crippen molar-refractivity contribution in [1.82, 2.24) is 14.9 Å². The second-order valence-corrected chi connectivity index (χ2v) is 4.43. The molecule has 0 aliphatic carbocycles. The first-order valence-corrected chi connectivity index (χ1v) is 5.85. The van der Waals surface area contributed by atoms with Crippen LogP contribution in [0.15, 0.2) is 24.5 Å². The Hall–Kier alpha value is -1.46. The topological polar surface area (TPSA) is 62.5 Å². The normalized spacial score (nSPS) is 17.5. The minimum atomic E-state index is 0.0659. The van der Waals surface area contributed by atoms with E-state index in [-0.39, 0.29) is 5.91 Å². The van der Waals surface area contributed by atoms with Crippen LogP contribution in [-0.4, -0.2) is 47.0 Å². The maximum atomic E-state index is 12.1. The van der Waals surface area contributed by atoms with E-state index in [1.54, 1.807) is 29.5 Å². The molecule has 0 aromatic carbocycles. The summed E-state index contributed by atoms with van der Waals surface area (Å²) in [6, 6.07) is 3.97. The van der Waals surface area contributed by atoms with Gasteiger partial charge in [-0.25, -0.2) is 5.01 Å². The van der Waals surface area contributed by atoms with Crippen molar-refractivity contribution >= 4 is 5.91 Å². The molecule has 1 fully saturated rings. The van der Waals surface area contributed by atoms with Crippen molar-refractivity contribution in [3.05, 3.63) is 30.1 Å². The highest BCUT2D eigenvalue weighted by Gasteiger charge is 2.24. The molecule has 0 unspecified atom stereocenters. The van der Waals surface area contributed by atoms with Crippen LogP contribution in [0.2, 0.25) is 0 Å². The molecule has 0 atom stereocenters. The summed E-state index contributed by atoms with van der Waals surface area (Å²) in [6.45, 7) is 1.53. The average Bonchev–Trinajstić information content (AvgIpc) is 2.39. The summed E-state index contributed by atoms with van der Waals surface area (Å²) in [5.41, 5.74) is 0.659. The SMILES string of the molecule is CN(N)C1CCN(C(=O)c2cccnc2)CC1. The summed E-state index contributed by atoms with van der Waals surface area (Å²) in [5, 5.41) is 1.74. The Morgan fingerprint density at radius 1 is 1.53 bits per heavy atom. The molecule has 0 bridgehead atoms. The van der Waals surface area contributed by atoms with Crippen molar-refractivity contribution in [2.45, 2.75) is 18.9 Å². The summed E-state index contributed by atoms with van der Waals surface area (Å²) in [6.07, 6.45) is 5.15. The van der Waals surface area contributed by atoms with Gasteiger partial charge in [-0.15, -0.1) is 0 Å². The maximum Gasteiger partial charge on any atom is 0.255 e. The molecule has 1 aromatic rings. The van der Waals surface area contributed by atoms with Crippen LogP contribution in [0.5, 0.6) is 0 Å². The third-order valence-electron chi connectivity index (χ3n) is 3.24. The zero-order chi connectivity index (χ0) is 12.3. The Morgan fingerprint density at radius 2 is 2.24 bits per heavy atom. The Morgan fingerprint density at radius 3 is 2.76 bits per heavy atom. The van der Waals surface area contributed by atoms with Crippen molar-refractivity contribution in [1.29, 1.82) is 0 Å². The second kappa shape index (κ2) is 5.25. The number of aromatic nitrogens is 1. The van der Waals surface area contributed by atoms with Gasteiger partial charge in [-0.1, -0.05) is 0 Å². The molecular weight excluding hydrogens is 216 g/mol. The first-order valence-electron chi connectivity index (χ1n) is 5.85. The van der Waals surface area contributed by atoms with Gasteiger partial charge in [-0.2, -0.15) is 0 Å². The van der Waals surface area contributed by atoms with Crippen LogP contribution in [0.25, 0.3) is 0 Å². The summed E-state index contributed by atoms with van der Waals surface area (Å²) < 4.78 is 0. The van der Waals surface area contributed by atoms with Crippen molar-refractivity contribution in [3.8, 4) is 0 Å². The molecule has 2 heterocycles. The highest BCUT2D eigenvalue weighted by Crippen LogP contribution is 2.15. The summed E-state index contributed by atoms with van der Waals surface area (Å²) >= 11 is 0. The fraction of sp³-hybridized carbons (Fsp3) is 0.500. The maximum absolute atomic E-state index is 12.1. The number of rotatable bonds is 2. The Labute approximate surface area is 101 Å². The molecule has 0 spiro atoms. The fourth-order valence-electron chi connectivity index (χ4n) is 2.15. The standard InChI is InChI=1S/C12H18N4O/c1-15(13)11-4-7-16(8-5-11)12(17)10-3-2-6-14-9-10/h2-3,6,9,11H,4-5,7-8,13H2,1H3. The number of carbonyl (C=O) groups excluding carboxylic acids is 1. The molecular formula is C12H18N4O. The van der Waals surface area contributed by atoms with Gasteiger partial charge < -0.3 is 4.90 Å². The van der Waals surface area contributed by atoms with E-state index < -0.39 is 0 Å². The summed E-state index contributed by atoms with van der Waals surface area (Å²) in [7, 11) is 1.88. The van der Waals surface area contributed by atoms with Crippen LogP contribution in [0.4, 0.5) is 0 Å². The van der Waals surface area contributed by atoms with Crippen LogP contribution < -0.4 is 5.84 Å². The monoisotopic (exact) mass is 234 g/mol. The molecule has 1 aliphatic rings. The van der Waals surface area contributed by atoms with E-state index in [4.69, 9.17) is 5.84 Å². The lowest BCUT2D eigenvalue weighted by Crippen LogP contribution is -2.47. The smallest absolute Gasteiger partial charge is 0.255 e. The molecule has 5 nitrogen and oxygen atoms in total. The van der Waals surface area contributed by atoms with Gasteiger partial charge in [0.15, 0.2) is 0 Å². The molecule has 17 heavy (non-hydrogen) atoms. The van der Waals surface area contributed by atoms with Crippen LogP contribution in [0, 0.1) is 0 Å². The number of likely N-dealkylation sites (tertiary alicyclic amines) is 1. The minimum absolute atomic E-state index is 0.0659. The van der Waals surface area contributed by atoms with Gasteiger partial charge in [0.25, 0.3) is 5.91 Å². The lowest BCUT2D eigenvalue weighted by atomic mass is 10.0. The third kappa shape index (κ3) is 2.81. The van der Waals surface area contributed by atoms with E-state index in [0.29, 0.717) is 11.6 Å². The number of piperidine rings is 1. The molecule has 1 aromatic heterocycles. The van der Waals surface area contributed by atoms with Crippen molar-refractivity contribution < 1.29 is 4.79 Å². The quantitative estimate of drug-likeness (QED) is 0.597. The van der Waals surface area contributed by atoms with Crippen LogP contribution in [0.3, 0.4) is 0 Å². The number of amides is 1. The molecule has 1 amide bonds. The molecule has 2 rings (SSSR count). The predicted octanol–water partition coefficient (Wildman–Crippen LogP) is 0.492. The fourth-order valence-corrected chi connectivity index (χ4v) is 2.15. The Bertz CT molecular complexity index is 371. The number of hydrogen-bond donors (Lipinski definition) is 1. The molecule has 0 radical (unpaired) electrons. The Kier molecular flexibility index (Phi) is 3.71. The van der Waals surface area contributed by atoms with Crippen molar-refractivity contribution in [2.75, 3.05) is 20.1 Å². The number of nitrogens with two attached hydrogens (primary N) is 1.